The molecule has 2 saturated heterocycles. The normalized spacial score (nSPS) is 31.9. The molecule has 0 aromatic rings. The zero-order chi connectivity index (χ0) is 20.4. The maximum Gasteiger partial charge on any atom is 0.329 e. The Kier molecular flexibility index (Phi) is 7.01. The number of esters is 1. The Balaban J connectivity index is 1.76. The van der Waals surface area contributed by atoms with Gasteiger partial charge in [-0.3, -0.25) is 9.69 Å². The van der Waals surface area contributed by atoms with Gasteiger partial charge < -0.3 is 9.64 Å². The number of hydrogen-bond donors (Lipinski definition) is 0. The van der Waals surface area contributed by atoms with Crippen LogP contribution in [0.25, 0.3) is 0 Å². The second kappa shape index (κ2) is 8.95. The molecule has 1 aliphatic carbocycles. The monoisotopic (exact) mass is 410 g/mol. The lowest BCUT2D eigenvalue weighted by Crippen LogP contribution is -2.57. The van der Waals surface area contributed by atoms with Gasteiger partial charge in [-0.25, -0.2) is 4.79 Å². The molecular formula is C22H38N2O3S. The second-order valence-corrected chi connectivity index (χ2v) is 11.1. The minimum atomic E-state index is -0.423. The zero-order valence-electron chi connectivity index (χ0n) is 18.2. The van der Waals surface area contributed by atoms with Crippen molar-refractivity contribution in [3.05, 3.63) is 0 Å². The van der Waals surface area contributed by atoms with E-state index in [0.717, 1.165) is 38.8 Å². The van der Waals surface area contributed by atoms with Crippen molar-refractivity contribution >= 4 is 23.6 Å². The van der Waals surface area contributed by atoms with Crippen LogP contribution in [0.1, 0.15) is 72.6 Å². The lowest BCUT2D eigenvalue weighted by molar-refractivity contribution is -0.157. The Bertz CT molecular complexity index is 561. The van der Waals surface area contributed by atoms with Gasteiger partial charge in [-0.15, -0.1) is 11.8 Å². The quantitative estimate of drug-likeness (QED) is 0.658. The van der Waals surface area contributed by atoms with Crippen molar-refractivity contribution in [3.8, 4) is 0 Å². The van der Waals surface area contributed by atoms with E-state index in [-0.39, 0.29) is 16.7 Å². The predicted molar refractivity (Wildman–Crippen MR) is 114 cm³/mol. The van der Waals surface area contributed by atoms with Crippen LogP contribution in [0, 0.1) is 11.3 Å². The topological polar surface area (TPSA) is 49.9 Å². The van der Waals surface area contributed by atoms with Gasteiger partial charge in [0.15, 0.2) is 0 Å². The highest BCUT2D eigenvalue weighted by atomic mass is 32.2. The van der Waals surface area contributed by atoms with Crippen LogP contribution in [-0.4, -0.2) is 64.6 Å². The first-order valence-electron chi connectivity index (χ1n) is 11.1. The molecule has 0 N–H and O–H groups in total. The predicted octanol–water partition coefficient (Wildman–Crippen LogP) is 3.91. The van der Waals surface area contributed by atoms with Crippen LogP contribution in [0.4, 0.5) is 0 Å². The third kappa shape index (κ3) is 4.69. The second-order valence-electron chi connectivity index (χ2n) is 9.77. The van der Waals surface area contributed by atoms with Crippen molar-refractivity contribution in [1.82, 2.24) is 9.80 Å². The van der Waals surface area contributed by atoms with Crippen molar-refractivity contribution in [2.24, 2.45) is 11.3 Å². The number of thioether (sulfide) groups is 1. The summed E-state index contributed by atoms with van der Waals surface area (Å²) in [6.07, 6.45) is 7.82. The minimum absolute atomic E-state index is 0.124. The van der Waals surface area contributed by atoms with Gasteiger partial charge in [0, 0.05) is 5.75 Å². The number of carbonyl (C=O) groups is 2. The molecule has 3 aliphatic rings. The fraction of sp³-hybridized carbons (Fsp3) is 0.909. The molecule has 0 bridgehead atoms. The lowest BCUT2D eigenvalue weighted by atomic mass is 9.71. The summed E-state index contributed by atoms with van der Waals surface area (Å²) in [5.41, 5.74) is 0.300. The average molecular weight is 411 g/mol. The van der Waals surface area contributed by atoms with Crippen molar-refractivity contribution in [3.63, 3.8) is 0 Å². The van der Waals surface area contributed by atoms with Gasteiger partial charge in [-0.05, 0) is 69.9 Å². The summed E-state index contributed by atoms with van der Waals surface area (Å²) in [6.45, 7) is 11.6. The number of ether oxygens (including phenoxy) is 1. The molecule has 0 aromatic carbocycles. The Hall–Kier alpha value is -0.750. The largest absolute Gasteiger partial charge is 0.464 e. The van der Waals surface area contributed by atoms with Crippen molar-refractivity contribution in [2.45, 2.75) is 83.6 Å². The summed E-state index contributed by atoms with van der Waals surface area (Å²) in [4.78, 5) is 30.1. The molecule has 0 unspecified atom stereocenters. The number of hydrogen-bond acceptors (Lipinski definition) is 5. The van der Waals surface area contributed by atoms with E-state index in [4.69, 9.17) is 4.74 Å². The highest BCUT2D eigenvalue weighted by Crippen LogP contribution is 2.53. The van der Waals surface area contributed by atoms with Gasteiger partial charge in [-0.2, -0.15) is 0 Å². The molecule has 3 fully saturated rings. The van der Waals surface area contributed by atoms with E-state index in [1.54, 1.807) is 0 Å². The van der Waals surface area contributed by atoms with Crippen molar-refractivity contribution in [2.75, 3.05) is 32.0 Å². The first kappa shape index (κ1) is 21.9. The van der Waals surface area contributed by atoms with Crippen LogP contribution in [0.15, 0.2) is 0 Å². The SMILES string of the molecule is CCOC(=O)[C@@H]1CSC2(CCC(C(C)(C)C)CC2)N1C(=O)CN1CCCCC1. The molecule has 2 heterocycles. The van der Waals surface area contributed by atoms with E-state index in [1.165, 1.54) is 19.3 Å². The first-order valence-corrected chi connectivity index (χ1v) is 12.1. The van der Waals surface area contributed by atoms with Crippen molar-refractivity contribution < 1.29 is 14.3 Å². The Labute approximate surface area is 174 Å². The summed E-state index contributed by atoms with van der Waals surface area (Å²) in [5.74, 6) is 1.25. The number of amides is 1. The molecule has 1 saturated carbocycles. The van der Waals surface area contributed by atoms with Gasteiger partial charge in [0.25, 0.3) is 0 Å². The first-order chi connectivity index (χ1) is 13.3. The summed E-state index contributed by atoms with van der Waals surface area (Å²) in [7, 11) is 0. The maximum atomic E-state index is 13.4. The van der Waals surface area contributed by atoms with E-state index in [1.807, 2.05) is 23.6 Å². The van der Waals surface area contributed by atoms with Gasteiger partial charge in [0.05, 0.1) is 18.0 Å². The molecule has 3 rings (SSSR count). The molecule has 160 valence electrons. The third-order valence-electron chi connectivity index (χ3n) is 6.89. The summed E-state index contributed by atoms with van der Waals surface area (Å²) in [5, 5.41) is 0. The summed E-state index contributed by atoms with van der Waals surface area (Å²) in [6, 6.07) is -0.423. The van der Waals surface area contributed by atoms with Crippen LogP contribution in [0.3, 0.4) is 0 Å². The van der Waals surface area contributed by atoms with Crippen LogP contribution in [0.2, 0.25) is 0 Å². The smallest absolute Gasteiger partial charge is 0.329 e. The molecule has 1 atom stereocenters. The van der Waals surface area contributed by atoms with Gasteiger partial charge in [0.1, 0.15) is 6.04 Å². The molecule has 0 aromatic heterocycles. The van der Waals surface area contributed by atoms with E-state index in [0.29, 0.717) is 30.2 Å². The van der Waals surface area contributed by atoms with Crippen LogP contribution >= 0.6 is 11.8 Å². The van der Waals surface area contributed by atoms with Crippen LogP contribution in [-0.2, 0) is 14.3 Å². The molecule has 1 amide bonds. The Morgan fingerprint density at radius 2 is 1.75 bits per heavy atom. The number of rotatable bonds is 4. The van der Waals surface area contributed by atoms with Gasteiger partial charge in [-0.1, -0.05) is 27.2 Å². The molecule has 2 aliphatic heterocycles. The molecule has 6 heteroatoms. The Morgan fingerprint density at radius 1 is 1.11 bits per heavy atom. The average Bonchev–Trinajstić information content (AvgIpc) is 3.01. The maximum absolute atomic E-state index is 13.4. The molecule has 1 spiro atoms. The van der Waals surface area contributed by atoms with Crippen molar-refractivity contribution in [1.29, 1.82) is 0 Å². The fourth-order valence-corrected chi connectivity index (χ4v) is 6.83. The fourth-order valence-electron chi connectivity index (χ4n) is 5.18. The zero-order valence-corrected chi connectivity index (χ0v) is 19.0. The highest BCUT2D eigenvalue weighted by molar-refractivity contribution is 8.01. The molecular weight excluding hydrogens is 372 g/mol. The van der Waals surface area contributed by atoms with Crippen LogP contribution in [0.5, 0.6) is 0 Å². The number of likely N-dealkylation sites (tertiary alicyclic amines) is 1. The van der Waals surface area contributed by atoms with Crippen LogP contribution < -0.4 is 0 Å². The Morgan fingerprint density at radius 3 is 2.32 bits per heavy atom. The number of carbonyl (C=O) groups excluding carboxylic acids is 2. The van der Waals surface area contributed by atoms with Gasteiger partial charge >= 0.3 is 5.97 Å². The van der Waals surface area contributed by atoms with E-state index < -0.39 is 6.04 Å². The highest BCUT2D eigenvalue weighted by Gasteiger charge is 2.54. The molecule has 0 radical (unpaired) electrons. The molecule has 5 nitrogen and oxygen atoms in total. The molecule has 28 heavy (non-hydrogen) atoms. The summed E-state index contributed by atoms with van der Waals surface area (Å²) >= 11 is 1.82. The lowest BCUT2D eigenvalue weighted by Gasteiger charge is -2.47. The van der Waals surface area contributed by atoms with Gasteiger partial charge in [0.2, 0.25) is 5.91 Å². The number of nitrogens with zero attached hydrogens (tertiary/aromatic N) is 2. The number of piperidine rings is 1. The van der Waals surface area contributed by atoms with E-state index >= 15 is 0 Å². The third-order valence-corrected chi connectivity index (χ3v) is 8.51. The van der Waals surface area contributed by atoms with E-state index in [2.05, 4.69) is 25.7 Å². The van der Waals surface area contributed by atoms with E-state index in [9.17, 15) is 9.59 Å². The summed E-state index contributed by atoms with van der Waals surface area (Å²) < 4.78 is 5.35. The minimum Gasteiger partial charge on any atom is -0.464 e. The standard InChI is InChI=1S/C22H38N2O3S/c1-5-27-20(26)18-16-28-22(11-9-17(10-12-22)21(2,3)4)24(18)19(25)15-23-13-7-6-8-14-23/h17-18H,5-16H2,1-4H3/t17?,18-,22?/m0/s1.